The first-order chi connectivity index (χ1) is 10.2. The van der Waals surface area contributed by atoms with E-state index in [-0.39, 0.29) is 12.5 Å². The molecule has 4 heteroatoms. The number of amides is 1. The van der Waals surface area contributed by atoms with Crippen molar-refractivity contribution in [1.29, 1.82) is 0 Å². The summed E-state index contributed by atoms with van der Waals surface area (Å²) in [5.74, 6) is 0.876. The van der Waals surface area contributed by atoms with Gasteiger partial charge in [0.05, 0.1) is 11.5 Å². The standard InChI is InChI=1S/C17H25NO2S/c1-12-6-7-15-13(10-12)11-16(21-15)17(20)18(8-9-19)14-4-2-3-5-14/h11-12,14,19H,2-10H2,1H3. The molecule has 116 valence electrons. The third kappa shape index (κ3) is 3.16. The molecular weight excluding hydrogens is 282 g/mol. The van der Waals surface area contributed by atoms with Crippen molar-refractivity contribution < 1.29 is 9.90 Å². The molecule has 21 heavy (non-hydrogen) atoms. The Kier molecular flexibility index (Phi) is 4.65. The summed E-state index contributed by atoms with van der Waals surface area (Å²) in [6.45, 7) is 2.82. The topological polar surface area (TPSA) is 40.5 Å². The average Bonchev–Trinajstić information content (AvgIpc) is 3.12. The quantitative estimate of drug-likeness (QED) is 0.927. The predicted octanol–water partition coefficient (Wildman–Crippen LogP) is 3.25. The Morgan fingerprint density at radius 1 is 1.38 bits per heavy atom. The molecule has 0 radical (unpaired) electrons. The third-order valence-electron chi connectivity index (χ3n) is 4.91. The molecule has 0 saturated heterocycles. The minimum Gasteiger partial charge on any atom is -0.395 e. The first-order valence-corrected chi connectivity index (χ1v) is 9.04. The minimum atomic E-state index is 0.0599. The van der Waals surface area contributed by atoms with Crippen molar-refractivity contribution in [3.05, 3.63) is 21.4 Å². The Bertz CT molecular complexity index is 505. The first-order valence-electron chi connectivity index (χ1n) is 8.22. The van der Waals surface area contributed by atoms with Crippen molar-refractivity contribution in [2.24, 2.45) is 5.92 Å². The fraction of sp³-hybridized carbons (Fsp3) is 0.706. The first kappa shape index (κ1) is 15.0. The highest BCUT2D eigenvalue weighted by atomic mass is 32.1. The van der Waals surface area contributed by atoms with Gasteiger partial charge in [-0.15, -0.1) is 11.3 Å². The summed E-state index contributed by atoms with van der Waals surface area (Å²) >= 11 is 1.69. The van der Waals surface area contributed by atoms with Crippen LogP contribution in [0.3, 0.4) is 0 Å². The van der Waals surface area contributed by atoms with Gasteiger partial charge in [-0.05, 0) is 49.7 Å². The Morgan fingerprint density at radius 3 is 2.86 bits per heavy atom. The largest absolute Gasteiger partial charge is 0.395 e. The zero-order chi connectivity index (χ0) is 14.8. The van der Waals surface area contributed by atoms with E-state index in [1.165, 1.54) is 29.7 Å². The number of nitrogens with zero attached hydrogens (tertiary/aromatic N) is 1. The van der Waals surface area contributed by atoms with E-state index in [1.807, 2.05) is 4.90 Å². The van der Waals surface area contributed by atoms with Crippen molar-refractivity contribution in [3.8, 4) is 0 Å². The number of thiophene rings is 1. The Labute approximate surface area is 131 Å². The lowest BCUT2D eigenvalue weighted by molar-refractivity contribution is 0.0643. The van der Waals surface area contributed by atoms with Gasteiger partial charge in [0, 0.05) is 17.5 Å². The van der Waals surface area contributed by atoms with Crippen LogP contribution in [-0.2, 0) is 12.8 Å². The van der Waals surface area contributed by atoms with Crippen molar-refractivity contribution in [2.75, 3.05) is 13.2 Å². The molecule has 1 unspecified atom stereocenters. The molecule has 1 fully saturated rings. The highest BCUT2D eigenvalue weighted by Gasteiger charge is 2.29. The molecule has 0 aromatic carbocycles. The molecule has 2 aliphatic rings. The maximum Gasteiger partial charge on any atom is 0.264 e. The smallest absolute Gasteiger partial charge is 0.264 e. The van der Waals surface area contributed by atoms with Gasteiger partial charge in [0.15, 0.2) is 0 Å². The van der Waals surface area contributed by atoms with Crippen LogP contribution in [0.5, 0.6) is 0 Å². The van der Waals surface area contributed by atoms with E-state index in [4.69, 9.17) is 0 Å². The summed E-state index contributed by atoms with van der Waals surface area (Å²) in [5, 5.41) is 9.30. The molecule has 2 aliphatic carbocycles. The maximum atomic E-state index is 12.8. The molecule has 1 aromatic heterocycles. The lowest BCUT2D eigenvalue weighted by atomic mass is 9.90. The van der Waals surface area contributed by atoms with E-state index in [0.29, 0.717) is 12.6 Å². The zero-order valence-corrected chi connectivity index (χ0v) is 13.6. The molecule has 1 N–H and O–H groups in total. The number of fused-ring (bicyclic) bond motifs is 1. The summed E-state index contributed by atoms with van der Waals surface area (Å²) < 4.78 is 0. The van der Waals surface area contributed by atoms with Crippen LogP contribution >= 0.6 is 11.3 Å². The van der Waals surface area contributed by atoms with Gasteiger partial charge in [-0.3, -0.25) is 4.79 Å². The van der Waals surface area contributed by atoms with Crippen LogP contribution in [0.1, 0.15) is 59.1 Å². The normalized spacial score (nSPS) is 22.3. The third-order valence-corrected chi connectivity index (χ3v) is 6.13. The van der Waals surface area contributed by atoms with Gasteiger partial charge in [0.1, 0.15) is 0 Å². The number of hydrogen-bond donors (Lipinski definition) is 1. The molecule has 0 aliphatic heterocycles. The van der Waals surface area contributed by atoms with Crippen LogP contribution in [0.15, 0.2) is 6.07 Å². The number of hydrogen-bond acceptors (Lipinski definition) is 3. The molecule has 0 spiro atoms. The molecular formula is C17H25NO2S. The van der Waals surface area contributed by atoms with Gasteiger partial charge in [0.25, 0.3) is 5.91 Å². The van der Waals surface area contributed by atoms with E-state index in [2.05, 4.69) is 13.0 Å². The summed E-state index contributed by atoms with van der Waals surface area (Å²) in [7, 11) is 0. The maximum absolute atomic E-state index is 12.8. The van der Waals surface area contributed by atoms with Gasteiger partial charge in [-0.2, -0.15) is 0 Å². The zero-order valence-electron chi connectivity index (χ0n) is 12.8. The second-order valence-electron chi connectivity index (χ2n) is 6.57. The number of carbonyl (C=O) groups is 1. The van der Waals surface area contributed by atoms with Gasteiger partial charge >= 0.3 is 0 Å². The highest BCUT2D eigenvalue weighted by Crippen LogP contribution is 2.34. The summed E-state index contributed by atoms with van der Waals surface area (Å²) in [4.78, 5) is 17.1. The molecule has 0 bridgehead atoms. The lowest BCUT2D eigenvalue weighted by Crippen LogP contribution is -2.40. The van der Waals surface area contributed by atoms with Crippen molar-refractivity contribution in [1.82, 2.24) is 4.90 Å². The van der Waals surface area contributed by atoms with Crippen molar-refractivity contribution in [2.45, 2.75) is 57.9 Å². The Morgan fingerprint density at radius 2 is 2.14 bits per heavy atom. The van der Waals surface area contributed by atoms with Crippen molar-refractivity contribution in [3.63, 3.8) is 0 Å². The molecule has 1 heterocycles. The summed E-state index contributed by atoms with van der Waals surface area (Å²) in [6.07, 6.45) is 8.07. The van der Waals surface area contributed by atoms with Crippen LogP contribution in [-0.4, -0.2) is 35.1 Å². The summed E-state index contributed by atoms with van der Waals surface area (Å²) in [5.41, 5.74) is 1.39. The lowest BCUT2D eigenvalue weighted by Gasteiger charge is -2.27. The van der Waals surface area contributed by atoms with Crippen LogP contribution in [0, 0.1) is 5.92 Å². The molecule has 3 nitrogen and oxygen atoms in total. The highest BCUT2D eigenvalue weighted by molar-refractivity contribution is 7.14. The molecule has 1 aromatic rings. The second-order valence-corrected chi connectivity index (χ2v) is 7.70. The monoisotopic (exact) mass is 307 g/mol. The van der Waals surface area contributed by atoms with Crippen LogP contribution in [0.25, 0.3) is 0 Å². The van der Waals surface area contributed by atoms with E-state index in [9.17, 15) is 9.90 Å². The van der Waals surface area contributed by atoms with Gasteiger partial charge in [-0.1, -0.05) is 19.8 Å². The fourth-order valence-corrected chi connectivity index (χ4v) is 4.89. The molecule has 1 amide bonds. The van der Waals surface area contributed by atoms with Gasteiger partial charge < -0.3 is 10.0 Å². The second kappa shape index (κ2) is 6.49. The average molecular weight is 307 g/mol. The van der Waals surface area contributed by atoms with Gasteiger partial charge in [0.2, 0.25) is 0 Å². The Balaban J connectivity index is 1.79. The number of carbonyl (C=O) groups excluding carboxylic acids is 1. The predicted molar refractivity (Wildman–Crippen MR) is 85.9 cm³/mol. The minimum absolute atomic E-state index is 0.0599. The van der Waals surface area contributed by atoms with Crippen LogP contribution in [0.4, 0.5) is 0 Å². The van der Waals surface area contributed by atoms with E-state index in [0.717, 1.165) is 36.5 Å². The van der Waals surface area contributed by atoms with Crippen LogP contribution < -0.4 is 0 Å². The molecule has 1 atom stereocenters. The SMILES string of the molecule is CC1CCc2sc(C(=O)N(CCO)C3CCCC3)cc2C1. The fourth-order valence-electron chi connectivity index (χ4n) is 3.73. The number of aliphatic hydroxyl groups excluding tert-OH is 1. The number of aliphatic hydroxyl groups is 1. The Hall–Kier alpha value is -0.870. The summed E-state index contributed by atoms with van der Waals surface area (Å²) in [6, 6.07) is 2.46. The number of aryl methyl sites for hydroxylation is 1. The number of rotatable bonds is 4. The van der Waals surface area contributed by atoms with Crippen molar-refractivity contribution >= 4 is 17.2 Å². The van der Waals surface area contributed by atoms with E-state index in [1.54, 1.807) is 11.3 Å². The van der Waals surface area contributed by atoms with E-state index < -0.39 is 0 Å². The molecule has 3 rings (SSSR count). The molecule has 1 saturated carbocycles. The van der Waals surface area contributed by atoms with Gasteiger partial charge in [-0.25, -0.2) is 0 Å². The van der Waals surface area contributed by atoms with E-state index >= 15 is 0 Å². The van der Waals surface area contributed by atoms with Crippen LogP contribution in [0.2, 0.25) is 0 Å².